The van der Waals surface area contributed by atoms with E-state index in [9.17, 15) is 0 Å². The third-order valence-corrected chi connectivity index (χ3v) is 4.60. The van der Waals surface area contributed by atoms with E-state index >= 15 is 0 Å². The van der Waals surface area contributed by atoms with Crippen molar-refractivity contribution < 1.29 is 0 Å². The molecule has 1 atom stereocenters. The van der Waals surface area contributed by atoms with Crippen LogP contribution in [0.1, 0.15) is 31.6 Å². The number of hydrogen-bond donors (Lipinski definition) is 0. The number of rotatable bonds is 3. The van der Waals surface area contributed by atoms with Crippen LogP contribution in [0.5, 0.6) is 0 Å². The van der Waals surface area contributed by atoms with Crippen LogP contribution in [0.15, 0.2) is 12.1 Å². The Hall–Kier alpha value is -0.440. The van der Waals surface area contributed by atoms with Gasteiger partial charge in [0.25, 0.3) is 0 Å². The first-order chi connectivity index (χ1) is 8.61. The highest BCUT2D eigenvalue weighted by Gasteiger charge is 2.31. The SMILES string of the molecule is CC(C1CC1)n1c(CCl)nc2cc(Cl)c(Cl)cc21. The summed E-state index contributed by atoms with van der Waals surface area (Å²) < 4.78 is 2.21. The molecule has 2 nitrogen and oxygen atoms in total. The van der Waals surface area contributed by atoms with E-state index in [4.69, 9.17) is 34.8 Å². The largest absolute Gasteiger partial charge is 0.324 e. The molecule has 0 saturated heterocycles. The van der Waals surface area contributed by atoms with Crippen molar-refractivity contribution in [3.8, 4) is 0 Å². The number of aromatic nitrogens is 2. The molecule has 1 saturated carbocycles. The predicted octanol–water partition coefficient (Wildman–Crippen LogP) is 5.05. The van der Waals surface area contributed by atoms with Gasteiger partial charge in [0.15, 0.2) is 0 Å². The van der Waals surface area contributed by atoms with Gasteiger partial charge in [-0.05, 0) is 37.8 Å². The third-order valence-electron chi connectivity index (χ3n) is 3.64. The summed E-state index contributed by atoms with van der Waals surface area (Å²) in [6, 6.07) is 4.12. The van der Waals surface area contributed by atoms with Crippen molar-refractivity contribution in [1.82, 2.24) is 9.55 Å². The first-order valence-corrected chi connectivity index (χ1v) is 7.32. The molecule has 0 spiro atoms. The first-order valence-electron chi connectivity index (χ1n) is 6.03. The van der Waals surface area contributed by atoms with E-state index in [1.165, 1.54) is 12.8 Å². The Morgan fingerprint density at radius 2 is 2.00 bits per heavy atom. The van der Waals surface area contributed by atoms with Crippen molar-refractivity contribution in [2.75, 3.05) is 0 Å². The molecule has 1 unspecified atom stereocenters. The van der Waals surface area contributed by atoms with Crippen LogP contribution in [-0.2, 0) is 5.88 Å². The number of fused-ring (bicyclic) bond motifs is 1. The quantitative estimate of drug-likeness (QED) is 0.725. The Bertz CT molecular complexity index is 602. The van der Waals surface area contributed by atoms with Crippen molar-refractivity contribution in [3.05, 3.63) is 28.0 Å². The lowest BCUT2D eigenvalue weighted by Crippen LogP contribution is -2.10. The molecule has 0 bridgehead atoms. The lowest BCUT2D eigenvalue weighted by atomic mass is 10.2. The Morgan fingerprint density at radius 3 is 2.61 bits per heavy atom. The van der Waals surface area contributed by atoms with Crippen molar-refractivity contribution in [1.29, 1.82) is 0 Å². The Kier molecular flexibility index (Phi) is 3.21. The fourth-order valence-electron chi connectivity index (χ4n) is 2.48. The van der Waals surface area contributed by atoms with E-state index in [0.717, 1.165) is 22.8 Å². The van der Waals surface area contributed by atoms with Gasteiger partial charge in [-0.1, -0.05) is 23.2 Å². The monoisotopic (exact) mass is 302 g/mol. The second kappa shape index (κ2) is 4.59. The summed E-state index contributed by atoms with van der Waals surface area (Å²) in [5.74, 6) is 2.03. The van der Waals surface area contributed by atoms with Crippen molar-refractivity contribution in [3.63, 3.8) is 0 Å². The smallest absolute Gasteiger partial charge is 0.125 e. The maximum atomic E-state index is 6.11. The van der Waals surface area contributed by atoms with Crippen molar-refractivity contribution in [2.45, 2.75) is 31.7 Å². The Morgan fingerprint density at radius 1 is 1.33 bits per heavy atom. The topological polar surface area (TPSA) is 17.8 Å². The van der Waals surface area contributed by atoms with E-state index in [1.807, 2.05) is 12.1 Å². The molecule has 1 aromatic carbocycles. The van der Waals surface area contributed by atoms with Crippen molar-refractivity contribution in [2.24, 2.45) is 5.92 Å². The van der Waals surface area contributed by atoms with Gasteiger partial charge in [-0.15, -0.1) is 11.6 Å². The summed E-state index contributed by atoms with van der Waals surface area (Å²) in [4.78, 5) is 4.55. The summed E-state index contributed by atoms with van der Waals surface area (Å²) >= 11 is 18.1. The van der Waals surface area contributed by atoms with Crippen LogP contribution < -0.4 is 0 Å². The van der Waals surface area contributed by atoms with Crippen molar-refractivity contribution >= 4 is 45.8 Å². The fraction of sp³-hybridized carbons (Fsp3) is 0.462. The molecule has 1 aromatic heterocycles. The van der Waals surface area contributed by atoms with E-state index in [1.54, 1.807) is 0 Å². The minimum Gasteiger partial charge on any atom is -0.324 e. The van der Waals surface area contributed by atoms with E-state index in [2.05, 4.69) is 16.5 Å². The lowest BCUT2D eigenvalue weighted by molar-refractivity contribution is 0.486. The van der Waals surface area contributed by atoms with E-state index in [-0.39, 0.29) is 0 Å². The average molecular weight is 304 g/mol. The molecule has 1 heterocycles. The molecule has 2 aromatic rings. The summed E-state index contributed by atoms with van der Waals surface area (Å²) in [6.07, 6.45) is 2.56. The standard InChI is InChI=1S/C13H13Cl3N2/c1-7(8-2-3-8)18-12-5-10(16)9(15)4-11(12)17-13(18)6-14/h4-5,7-8H,2-3,6H2,1H3. The molecule has 5 heteroatoms. The molecule has 3 rings (SSSR count). The predicted molar refractivity (Wildman–Crippen MR) is 76.7 cm³/mol. The summed E-state index contributed by atoms with van der Waals surface area (Å²) in [5.41, 5.74) is 1.90. The van der Waals surface area contributed by atoms with Gasteiger partial charge in [0.1, 0.15) is 5.82 Å². The first kappa shape index (κ1) is 12.6. The molecule has 0 N–H and O–H groups in total. The van der Waals surface area contributed by atoms with Crippen LogP contribution in [-0.4, -0.2) is 9.55 Å². The van der Waals surface area contributed by atoms with Crippen LogP contribution in [0.3, 0.4) is 0 Å². The third kappa shape index (κ3) is 2.01. The van der Waals surface area contributed by atoms with Crippen LogP contribution in [0.4, 0.5) is 0 Å². The zero-order valence-electron chi connectivity index (χ0n) is 9.96. The zero-order valence-corrected chi connectivity index (χ0v) is 12.2. The van der Waals surface area contributed by atoms with E-state index in [0.29, 0.717) is 22.0 Å². The van der Waals surface area contributed by atoms with Gasteiger partial charge in [0, 0.05) is 6.04 Å². The Labute approximate surface area is 121 Å². The number of halogens is 3. The van der Waals surface area contributed by atoms with Gasteiger partial charge in [0.2, 0.25) is 0 Å². The molecule has 96 valence electrons. The summed E-state index contributed by atoms with van der Waals surface area (Å²) in [5, 5.41) is 1.10. The normalized spacial score (nSPS) is 17.3. The zero-order chi connectivity index (χ0) is 12.9. The van der Waals surface area contributed by atoms with Crippen LogP contribution >= 0.6 is 34.8 Å². The number of benzene rings is 1. The molecule has 0 amide bonds. The fourth-order valence-corrected chi connectivity index (χ4v) is 2.98. The van der Waals surface area contributed by atoms with Crippen LogP contribution in [0, 0.1) is 5.92 Å². The molecular formula is C13H13Cl3N2. The van der Waals surface area contributed by atoms with Gasteiger partial charge in [-0.2, -0.15) is 0 Å². The highest BCUT2D eigenvalue weighted by Crippen LogP contribution is 2.42. The minimum atomic E-state index is 0.404. The van der Waals surface area contributed by atoms with Gasteiger partial charge in [-0.3, -0.25) is 0 Å². The number of nitrogens with zero attached hydrogens (tertiary/aromatic N) is 2. The molecule has 0 aliphatic heterocycles. The highest BCUT2D eigenvalue weighted by atomic mass is 35.5. The maximum absolute atomic E-state index is 6.11. The number of hydrogen-bond acceptors (Lipinski definition) is 1. The highest BCUT2D eigenvalue weighted by molar-refractivity contribution is 6.42. The summed E-state index contributed by atoms with van der Waals surface area (Å²) in [7, 11) is 0. The molecule has 1 aliphatic carbocycles. The lowest BCUT2D eigenvalue weighted by Gasteiger charge is -2.16. The number of imidazole rings is 1. The Balaban J connectivity index is 2.22. The van der Waals surface area contributed by atoms with Gasteiger partial charge in [0.05, 0.1) is 27.0 Å². The second-order valence-corrected chi connectivity index (χ2v) is 5.95. The van der Waals surface area contributed by atoms with Gasteiger partial charge < -0.3 is 4.57 Å². The second-order valence-electron chi connectivity index (χ2n) is 4.86. The van der Waals surface area contributed by atoms with Gasteiger partial charge in [-0.25, -0.2) is 4.98 Å². The van der Waals surface area contributed by atoms with Gasteiger partial charge >= 0.3 is 0 Å². The minimum absolute atomic E-state index is 0.404. The average Bonchev–Trinajstić information content (AvgIpc) is 3.12. The maximum Gasteiger partial charge on any atom is 0.125 e. The van der Waals surface area contributed by atoms with Crippen LogP contribution in [0.2, 0.25) is 10.0 Å². The van der Waals surface area contributed by atoms with E-state index < -0.39 is 0 Å². The molecule has 18 heavy (non-hydrogen) atoms. The van der Waals surface area contributed by atoms with Crippen LogP contribution in [0.25, 0.3) is 11.0 Å². The molecule has 1 aliphatic rings. The molecule has 1 fully saturated rings. The number of alkyl halides is 1. The molecule has 0 radical (unpaired) electrons. The molecular weight excluding hydrogens is 291 g/mol. The summed E-state index contributed by atoms with van der Waals surface area (Å²) in [6.45, 7) is 2.22.